The highest BCUT2D eigenvalue weighted by atomic mass is 19.4. The second kappa shape index (κ2) is 8.37. The van der Waals surface area contributed by atoms with Crippen molar-refractivity contribution >= 4 is 5.65 Å². The van der Waals surface area contributed by atoms with Crippen LogP contribution in [0, 0.1) is 6.92 Å². The quantitative estimate of drug-likeness (QED) is 0.334. The van der Waals surface area contributed by atoms with Crippen LogP contribution >= 0.6 is 0 Å². The van der Waals surface area contributed by atoms with Crippen LogP contribution in [0.4, 0.5) is 13.2 Å². The van der Waals surface area contributed by atoms with Gasteiger partial charge in [0.15, 0.2) is 11.3 Å². The van der Waals surface area contributed by atoms with Gasteiger partial charge in [-0.15, -0.1) is 5.10 Å². The van der Waals surface area contributed by atoms with Gasteiger partial charge in [0.2, 0.25) is 5.82 Å². The van der Waals surface area contributed by atoms with E-state index in [2.05, 4.69) is 23.9 Å². The number of fused-ring (bicyclic) bond motifs is 1. The number of imidazole rings is 1. The van der Waals surface area contributed by atoms with E-state index >= 15 is 0 Å². The molecule has 35 heavy (non-hydrogen) atoms. The van der Waals surface area contributed by atoms with Crippen LogP contribution in [0.2, 0.25) is 0 Å². The first-order chi connectivity index (χ1) is 16.6. The van der Waals surface area contributed by atoms with Crippen LogP contribution in [0.5, 0.6) is 0 Å². The third kappa shape index (κ3) is 4.20. The average molecular weight is 480 g/mol. The largest absolute Gasteiger partial charge is 0.434 e. The van der Waals surface area contributed by atoms with Gasteiger partial charge in [-0.2, -0.15) is 18.3 Å². The first-order valence-electron chi connectivity index (χ1n) is 11.2. The minimum absolute atomic E-state index is 0.175. The van der Waals surface area contributed by atoms with E-state index in [-0.39, 0.29) is 11.9 Å². The third-order valence-electron chi connectivity index (χ3n) is 5.88. The number of nitrogens with zero attached hydrogens (tertiary/aromatic N) is 7. The Labute approximate surface area is 199 Å². The lowest BCUT2D eigenvalue weighted by atomic mass is 10.1. The minimum Gasteiger partial charge on any atom is -0.333 e. The number of aromatic nitrogens is 7. The van der Waals surface area contributed by atoms with E-state index in [9.17, 15) is 13.2 Å². The van der Waals surface area contributed by atoms with Crippen molar-refractivity contribution in [1.29, 1.82) is 0 Å². The zero-order chi connectivity index (χ0) is 24.9. The van der Waals surface area contributed by atoms with Crippen LogP contribution < -0.4 is 0 Å². The summed E-state index contributed by atoms with van der Waals surface area (Å²) in [6.45, 7) is 6.13. The van der Waals surface area contributed by atoms with E-state index in [4.69, 9.17) is 10.1 Å². The van der Waals surface area contributed by atoms with Gasteiger partial charge in [-0.25, -0.2) is 14.5 Å². The van der Waals surface area contributed by atoms with Gasteiger partial charge < -0.3 is 4.57 Å². The van der Waals surface area contributed by atoms with E-state index < -0.39 is 11.9 Å². The van der Waals surface area contributed by atoms with Gasteiger partial charge in [0.1, 0.15) is 11.5 Å². The van der Waals surface area contributed by atoms with Crippen LogP contribution in [0.15, 0.2) is 54.9 Å². The molecule has 0 spiro atoms. The monoisotopic (exact) mass is 479 g/mol. The molecule has 1 aromatic carbocycles. The molecule has 0 radical (unpaired) electrons. The van der Waals surface area contributed by atoms with E-state index in [0.717, 1.165) is 34.4 Å². The van der Waals surface area contributed by atoms with Gasteiger partial charge in [-0.3, -0.25) is 4.68 Å². The summed E-state index contributed by atoms with van der Waals surface area (Å²) in [5.41, 5.74) is 4.29. The molecule has 4 aromatic heterocycles. The first kappa shape index (κ1) is 22.8. The fourth-order valence-corrected chi connectivity index (χ4v) is 4.16. The molecule has 0 aliphatic heterocycles. The van der Waals surface area contributed by atoms with Gasteiger partial charge >= 0.3 is 6.18 Å². The van der Waals surface area contributed by atoms with Crippen LogP contribution in [0.3, 0.4) is 0 Å². The molecule has 0 N–H and O–H groups in total. The van der Waals surface area contributed by atoms with E-state index in [1.54, 1.807) is 19.2 Å². The Bertz CT molecular complexity index is 1500. The summed E-state index contributed by atoms with van der Waals surface area (Å²) in [6, 6.07) is 13.4. The van der Waals surface area contributed by atoms with Crippen molar-refractivity contribution in [1.82, 2.24) is 33.9 Å². The second-order valence-electron chi connectivity index (χ2n) is 8.87. The van der Waals surface area contributed by atoms with Gasteiger partial charge in [0.05, 0.1) is 6.20 Å². The fourth-order valence-electron chi connectivity index (χ4n) is 4.16. The molecule has 5 rings (SSSR count). The summed E-state index contributed by atoms with van der Waals surface area (Å²) < 4.78 is 44.2. The molecule has 7 nitrogen and oxygen atoms in total. The average Bonchev–Trinajstić information content (AvgIpc) is 3.50. The summed E-state index contributed by atoms with van der Waals surface area (Å²) >= 11 is 0. The lowest BCUT2D eigenvalue weighted by Crippen LogP contribution is -2.06. The van der Waals surface area contributed by atoms with Gasteiger partial charge in [-0.05, 0) is 44.0 Å². The van der Waals surface area contributed by atoms with Crippen molar-refractivity contribution in [3.63, 3.8) is 0 Å². The second-order valence-corrected chi connectivity index (χ2v) is 8.87. The predicted octanol–water partition coefficient (Wildman–Crippen LogP) is 5.49. The first-order valence-corrected chi connectivity index (χ1v) is 11.2. The highest BCUT2D eigenvalue weighted by molar-refractivity contribution is 5.59. The molecule has 0 atom stereocenters. The number of pyridine rings is 1. The Balaban J connectivity index is 1.45. The van der Waals surface area contributed by atoms with Crippen LogP contribution in [0.1, 0.15) is 42.4 Å². The van der Waals surface area contributed by atoms with Gasteiger partial charge in [0, 0.05) is 37.0 Å². The van der Waals surface area contributed by atoms with Crippen molar-refractivity contribution in [3.05, 3.63) is 77.4 Å². The predicted molar refractivity (Wildman–Crippen MR) is 126 cm³/mol. The summed E-state index contributed by atoms with van der Waals surface area (Å²) in [5, 5.41) is 9.25. The van der Waals surface area contributed by atoms with Crippen molar-refractivity contribution < 1.29 is 13.2 Å². The standard InChI is InChI=1S/C25H24F3N7/c1-15(2)34-22(16(3)13-29-34)23-31-21-7-5-6-19(35(21)32-23)12-17-8-10-18(11-9-17)24-30-20(14-33(24)4)25(26,27)28/h5-11,13-15H,12H2,1-4H3. The molecular weight excluding hydrogens is 455 g/mol. The van der Waals surface area contributed by atoms with E-state index in [0.29, 0.717) is 17.8 Å². The van der Waals surface area contributed by atoms with Crippen LogP contribution in [-0.4, -0.2) is 33.9 Å². The molecule has 4 heterocycles. The molecule has 0 saturated carbocycles. The highest BCUT2D eigenvalue weighted by Crippen LogP contribution is 2.31. The molecule has 0 aliphatic carbocycles. The summed E-state index contributed by atoms with van der Waals surface area (Å²) in [7, 11) is 1.56. The van der Waals surface area contributed by atoms with Crippen LogP contribution in [0.25, 0.3) is 28.6 Å². The number of rotatable bonds is 5. The zero-order valence-corrected chi connectivity index (χ0v) is 19.7. The number of hydrogen-bond acceptors (Lipinski definition) is 4. The lowest BCUT2D eigenvalue weighted by Gasteiger charge is -2.09. The minimum atomic E-state index is -4.48. The maximum Gasteiger partial charge on any atom is 0.434 e. The topological polar surface area (TPSA) is 65.8 Å². The van der Waals surface area contributed by atoms with Gasteiger partial charge in [0.25, 0.3) is 0 Å². The molecular formula is C25H24F3N7. The molecule has 0 bridgehead atoms. The molecule has 0 amide bonds. The number of aryl methyl sites for hydroxylation is 2. The SMILES string of the molecule is Cc1cnn(C(C)C)c1-c1nc2cccc(Cc3ccc(-c4nc(C(F)(F)F)cn4C)cc3)n2n1. The molecule has 0 aliphatic rings. The van der Waals surface area contributed by atoms with Crippen molar-refractivity contribution in [2.45, 2.75) is 39.4 Å². The summed E-state index contributed by atoms with van der Waals surface area (Å²) in [5.74, 6) is 0.885. The molecule has 0 fully saturated rings. The lowest BCUT2D eigenvalue weighted by molar-refractivity contribution is -0.140. The number of halogens is 3. The molecule has 0 saturated heterocycles. The Kier molecular flexibility index (Phi) is 5.46. The van der Waals surface area contributed by atoms with Gasteiger partial charge in [-0.1, -0.05) is 30.3 Å². The molecule has 180 valence electrons. The Morgan fingerprint density at radius 1 is 1.00 bits per heavy atom. The number of hydrogen-bond donors (Lipinski definition) is 0. The molecule has 0 unspecified atom stereocenters. The number of benzene rings is 1. The Morgan fingerprint density at radius 3 is 2.40 bits per heavy atom. The third-order valence-corrected chi connectivity index (χ3v) is 5.88. The van der Waals surface area contributed by atoms with Crippen molar-refractivity contribution in [2.75, 3.05) is 0 Å². The maximum atomic E-state index is 13.0. The molecule has 10 heteroatoms. The zero-order valence-electron chi connectivity index (χ0n) is 19.7. The van der Waals surface area contributed by atoms with E-state index in [1.807, 2.05) is 52.6 Å². The van der Waals surface area contributed by atoms with Crippen LogP contribution in [-0.2, 0) is 19.6 Å². The van der Waals surface area contributed by atoms with Crippen molar-refractivity contribution in [2.24, 2.45) is 7.05 Å². The van der Waals surface area contributed by atoms with E-state index in [1.165, 1.54) is 4.57 Å². The normalized spacial score (nSPS) is 12.2. The smallest absolute Gasteiger partial charge is 0.333 e. The maximum absolute atomic E-state index is 13.0. The Hall–Kier alpha value is -3.95. The fraction of sp³-hybridized carbons (Fsp3) is 0.280. The summed E-state index contributed by atoms with van der Waals surface area (Å²) in [6.07, 6.45) is -1.07. The number of alkyl halides is 3. The van der Waals surface area contributed by atoms with Crippen molar-refractivity contribution in [3.8, 4) is 22.9 Å². The Morgan fingerprint density at radius 2 is 1.74 bits per heavy atom. The summed E-state index contributed by atoms with van der Waals surface area (Å²) in [4.78, 5) is 8.50. The highest BCUT2D eigenvalue weighted by Gasteiger charge is 2.34. The molecule has 5 aromatic rings.